The molecule has 1 saturated carbocycles. The highest BCUT2D eigenvalue weighted by Crippen LogP contribution is 2.33. The van der Waals surface area contributed by atoms with Crippen molar-refractivity contribution in [2.24, 2.45) is 21.8 Å². The molecule has 5 rings (SSSR count). The van der Waals surface area contributed by atoms with Crippen molar-refractivity contribution in [3.8, 4) is 34.5 Å². The van der Waals surface area contributed by atoms with Crippen molar-refractivity contribution in [1.82, 2.24) is 0 Å². The Bertz CT molecular complexity index is 2290. The fourth-order valence-corrected chi connectivity index (χ4v) is 11.5. The Kier molecular flexibility index (Phi) is 40.1. The summed E-state index contributed by atoms with van der Waals surface area (Å²) in [5.74, 6) is 3.38. The van der Waals surface area contributed by atoms with Gasteiger partial charge in [-0.3, -0.25) is 9.98 Å². The number of rotatable bonds is 52. The highest BCUT2D eigenvalue weighted by molar-refractivity contribution is 5.92. The number of unbranched alkanes of at least 4 members (excludes halogenated alkanes) is 32. The number of esters is 2. The van der Waals surface area contributed by atoms with Crippen molar-refractivity contribution in [2.75, 3.05) is 26.4 Å². The Labute approximate surface area is 534 Å². The second-order valence-corrected chi connectivity index (χ2v) is 25.0. The van der Waals surface area contributed by atoms with E-state index in [-0.39, 0.29) is 0 Å². The van der Waals surface area contributed by atoms with E-state index >= 15 is 0 Å². The highest BCUT2D eigenvalue weighted by Gasteiger charge is 2.20. The molecule has 1 aliphatic rings. The number of nitrogens with zero attached hydrogens (tertiary/aromatic N) is 2. The SMILES string of the molecule is CCCCCCCCCCCOc1ccc(C(=O)Oc2ccc(N=CC3CCC(C=Nc4ccc(OC(=O)c5ccc(OCCCCCCCCCCC)c(OCCCCCCCCCCC)c5)cc4)CC3)cc2)cc1OCCCCCCCCCCC. The van der Waals surface area contributed by atoms with Gasteiger partial charge in [0.25, 0.3) is 0 Å². The van der Waals surface area contributed by atoms with Gasteiger partial charge in [0.1, 0.15) is 11.5 Å². The molecule has 0 radical (unpaired) electrons. The first-order valence-corrected chi connectivity index (χ1v) is 35.9. The molecule has 1 aliphatic carbocycles. The van der Waals surface area contributed by atoms with Crippen molar-refractivity contribution >= 4 is 35.7 Å². The lowest BCUT2D eigenvalue weighted by Crippen LogP contribution is -2.16. The molecule has 88 heavy (non-hydrogen) atoms. The van der Waals surface area contributed by atoms with Crippen LogP contribution in [0, 0.1) is 11.8 Å². The van der Waals surface area contributed by atoms with E-state index in [1.165, 1.54) is 180 Å². The maximum atomic E-state index is 13.5. The maximum absolute atomic E-state index is 13.5. The van der Waals surface area contributed by atoms with Gasteiger partial charge in [0.05, 0.1) is 48.9 Å². The molecule has 0 aliphatic heterocycles. The normalized spacial score (nSPS) is 14.2. The van der Waals surface area contributed by atoms with Crippen LogP contribution in [-0.4, -0.2) is 50.8 Å². The van der Waals surface area contributed by atoms with Crippen molar-refractivity contribution in [1.29, 1.82) is 0 Å². The van der Waals surface area contributed by atoms with Crippen LogP contribution in [0.4, 0.5) is 11.4 Å². The number of carbonyl (C=O) groups is 2. The summed E-state index contributed by atoms with van der Waals surface area (Å²) < 4.78 is 36.8. The molecule has 4 aromatic carbocycles. The van der Waals surface area contributed by atoms with E-state index in [4.69, 9.17) is 38.4 Å². The fourth-order valence-electron chi connectivity index (χ4n) is 11.5. The Balaban J connectivity index is 1.04. The van der Waals surface area contributed by atoms with Crippen molar-refractivity contribution in [3.63, 3.8) is 0 Å². The van der Waals surface area contributed by atoms with Crippen molar-refractivity contribution in [3.05, 3.63) is 96.1 Å². The van der Waals surface area contributed by atoms with E-state index in [0.717, 1.165) is 88.4 Å². The van der Waals surface area contributed by atoms with E-state index in [1.807, 2.05) is 36.4 Å². The van der Waals surface area contributed by atoms with Crippen LogP contribution >= 0.6 is 0 Å². The highest BCUT2D eigenvalue weighted by atomic mass is 16.5. The average molecular weight is 1210 g/mol. The third-order valence-corrected chi connectivity index (χ3v) is 17.2. The fraction of sp³-hybridized carbons (Fsp3) is 0.641. The van der Waals surface area contributed by atoms with Gasteiger partial charge >= 0.3 is 11.9 Å². The first-order chi connectivity index (χ1) is 43.4. The smallest absolute Gasteiger partial charge is 0.343 e. The minimum absolute atomic E-state index is 0.376. The van der Waals surface area contributed by atoms with Gasteiger partial charge in [-0.2, -0.15) is 0 Å². The Morgan fingerprint density at radius 2 is 0.580 bits per heavy atom. The molecule has 0 unspecified atom stereocenters. The van der Waals surface area contributed by atoms with Gasteiger partial charge in [-0.05, 0) is 148 Å². The van der Waals surface area contributed by atoms with Crippen LogP contribution in [0.3, 0.4) is 0 Å². The van der Waals surface area contributed by atoms with Crippen LogP contribution in [0.2, 0.25) is 0 Å². The molecule has 0 heterocycles. The zero-order valence-corrected chi connectivity index (χ0v) is 55.7. The molecule has 0 bridgehead atoms. The Morgan fingerprint density at radius 1 is 0.330 bits per heavy atom. The summed E-state index contributed by atoms with van der Waals surface area (Å²) in [5, 5.41) is 0. The van der Waals surface area contributed by atoms with E-state index in [2.05, 4.69) is 40.1 Å². The number of benzene rings is 4. The molecule has 0 saturated heterocycles. The van der Waals surface area contributed by atoms with Crippen LogP contribution < -0.4 is 28.4 Å². The Morgan fingerprint density at radius 3 is 0.852 bits per heavy atom. The zero-order valence-electron chi connectivity index (χ0n) is 55.7. The third kappa shape index (κ3) is 32.7. The molecule has 10 heteroatoms. The number of hydrogen-bond acceptors (Lipinski definition) is 10. The largest absolute Gasteiger partial charge is 0.490 e. The number of carbonyl (C=O) groups excluding carboxylic acids is 2. The molecule has 0 amide bonds. The molecule has 0 aromatic heterocycles. The molecular formula is C78H118N2O8. The topological polar surface area (TPSA) is 114 Å². The molecule has 4 aromatic rings. The summed E-state index contributed by atoms with van der Waals surface area (Å²) in [6.07, 6.45) is 53.3. The van der Waals surface area contributed by atoms with Crippen LogP contribution in [0.1, 0.15) is 305 Å². The lowest BCUT2D eigenvalue weighted by molar-refractivity contribution is 0.0724. The molecule has 1 fully saturated rings. The van der Waals surface area contributed by atoms with Gasteiger partial charge in [-0.25, -0.2) is 9.59 Å². The molecule has 0 N–H and O–H groups in total. The predicted molar refractivity (Wildman–Crippen MR) is 368 cm³/mol. The van der Waals surface area contributed by atoms with E-state index in [9.17, 15) is 9.59 Å². The lowest BCUT2D eigenvalue weighted by Gasteiger charge is -2.23. The zero-order chi connectivity index (χ0) is 62.2. The third-order valence-electron chi connectivity index (χ3n) is 17.2. The minimum Gasteiger partial charge on any atom is -0.490 e. The van der Waals surface area contributed by atoms with Crippen LogP contribution in [0.5, 0.6) is 34.5 Å². The summed E-state index contributed by atoms with van der Waals surface area (Å²) in [6.45, 7) is 11.5. The lowest BCUT2D eigenvalue weighted by atomic mass is 9.83. The van der Waals surface area contributed by atoms with Gasteiger partial charge in [0, 0.05) is 12.4 Å². The van der Waals surface area contributed by atoms with Gasteiger partial charge < -0.3 is 28.4 Å². The second kappa shape index (κ2) is 48.2. The standard InChI is InChI=1S/C78H118N2O8/c1-5-9-13-17-21-25-29-33-37-57-83-73-55-45-67(61-75(73)85-59-39-35-31-27-23-19-15-11-7-3)77(81)87-71-51-47-69(48-52-71)79-63-65-41-43-66(44-42-65)64-80-70-49-53-72(54-50-70)88-78(82)68-46-56-74(84-58-38-34-30-26-22-18-14-10-6-2)76(62-68)86-60-40-36-32-28-24-20-16-12-8-4/h45-56,61-66H,5-44,57-60H2,1-4H3. The quantitative estimate of drug-likeness (QED) is 0.0186. The summed E-state index contributed by atoms with van der Waals surface area (Å²) in [4.78, 5) is 36.6. The van der Waals surface area contributed by atoms with Crippen LogP contribution in [0.15, 0.2) is 94.9 Å². The van der Waals surface area contributed by atoms with Gasteiger partial charge in [-0.15, -0.1) is 0 Å². The van der Waals surface area contributed by atoms with E-state index in [0.29, 0.717) is 83.9 Å². The summed E-state index contributed by atoms with van der Waals surface area (Å²) >= 11 is 0. The molecule has 10 nitrogen and oxygen atoms in total. The monoisotopic (exact) mass is 1210 g/mol. The molecule has 488 valence electrons. The van der Waals surface area contributed by atoms with Crippen LogP contribution in [0.25, 0.3) is 0 Å². The first-order valence-electron chi connectivity index (χ1n) is 35.9. The number of hydrogen-bond donors (Lipinski definition) is 0. The molecule has 0 spiro atoms. The predicted octanol–water partition coefficient (Wildman–Crippen LogP) is 23.7. The number of ether oxygens (including phenoxy) is 6. The minimum atomic E-state index is -0.436. The first kappa shape index (κ1) is 73.1. The molecule has 0 atom stereocenters. The van der Waals surface area contributed by atoms with Gasteiger partial charge in [0.2, 0.25) is 0 Å². The summed E-state index contributed by atoms with van der Waals surface area (Å²) in [7, 11) is 0. The van der Waals surface area contributed by atoms with Crippen LogP contribution in [-0.2, 0) is 0 Å². The van der Waals surface area contributed by atoms with E-state index in [1.54, 1.807) is 48.5 Å². The van der Waals surface area contributed by atoms with Crippen molar-refractivity contribution in [2.45, 2.75) is 285 Å². The summed E-state index contributed by atoms with van der Waals surface area (Å²) in [5.41, 5.74) is 2.50. The Hall–Kier alpha value is -5.64. The van der Waals surface area contributed by atoms with Crippen molar-refractivity contribution < 1.29 is 38.0 Å². The average Bonchev–Trinajstić information content (AvgIpc) is 3.50. The van der Waals surface area contributed by atoms with Gasteiger partial charge in [-0.1, -0.05) is 233 Å². The second-order valence-electron chi connectivity index (χ2n) is 25.0. The van der Waals surface area contributed by atoms with Gasteiger partial charge in [0.15, 0.2) is 23.0 Å². The van der Waals surface area contributed by atoms with E-state index < -0.39 is 11.9 Å². The maximum Gasteiger partial charge on any atom is 0.343 e. The number of aliphatic imine (C=N–C) groups is 2. The molecular weight excluding hydrogens is 1090 g/mol. The summed E-state index contributed by atoms with van der Waals surface area (Å²) in [6, 6.07) is 25.6.